The van der Waals surface area contributed by atoms with Crippen molar-refractivity contribution >= 4 is 11.4 Å². The van der Waals surface area contributed by atoms with Crippen molar-refractivity contribution in [1.29, 1.82) is 0 Å². The predicted molar refractivity (Wildman–Crippen MR) is 85.9 cm³/mol. The third-order valence-corrected chi connectivity index (χ3v) is 3.83. The summed E-state index contributed by atoms with van der Waals surface area (Å²) in [6, 6.07) is 17.6. The summed E-state index contributed by atoms with van der Waals surface area (Å²) in [5, 5.41) is 14.5. The molecule has 0 aromatic heterocycles. The minimum Gasteiger partial charge on any atom is -0.366 e. The van der Waals surface area contributed by atoms with E-state index in [-0.39, 0.29) is 0 Å². The molecule has 0 fully saturated rings. The minimum atomic E-state index is -1.20. The molecule has 0 amide bonds. The fourth-order valence-corrected chi connectivity index (χ4v) is 2.70. The van der Waals surface area contributed by atoms with Crippen molar-refractivity contribution in [3.8, 4) is 0 Å². The van der Waals surface area contributed by atoms with Crippen molar-refractivity contribution in [3.05, 3.63) is 65.7 Å². The van der Waals surface area contributed by atoms with Gasteiger partial charge in [0.2, 0.25) is 0 Å². The Hall–Kier alpha value is -1.97. The highest BCUT2D eigenvalue weighted by molar-refractivity contribution is 6.11. The summed E-state index contributed by atoms with van der Waals surface area (Å²) >= 11 is 0. The van der Waals surface area contributed by atoms with Crippen molar-refractivity contribution in [1.82, 2.24) is 5.32 Å². The van der Waals surface area contributed by atoms with Gasteiger partial charge in [-0.25, -0.2) is 4.99 Å². The Labute approximate surface area is 125 Å². The largest absolute Gasteiger partial charge is 0.366 e. The van der Waals surface area contributed by atoms with E-state index in [0.717, 1.165) is 36.2 Å². The van der Waals surface area contributed by atoms with Gasteiger partial charge < -0.3 is 5.11 Å². The number of hydrogen-bond donors (Lipinski definition) is 2. The van der Waals surface area contributed by atoms with Gasteiger partial charge in [0.1, 0.15) is 0 Å². The van der Waals surface area contributed by atoms with Gasteiger partial charge in [-0.05, 0) is 19.0 Å². The van der Waals surface area contributed by atoms with Crippen LogP contribution in [-0.4, -0.2) is 17.4 Å². The zero-order valence-electron chi connectivity index (χ0n) is 12.2. The molecular formula is C18H20N2O. The first-order valence-corrected chi connectivity index (χ1v) is 7.47. The molecule has 1 aliphatic rings. The van der Waals surface area contributed by atoms with Gasteiger partial charge in [0.25, 0.3) is 0 Å². The monoisotopic (exact) mass is 280 g/mol. The van der Waals surface area contributed by atoms with Crippen molar-refractivity contribution in [2.45, 2.75) is 25.5 Å². The first-order valence-electron chi connectivity index (χ1n) is 7.47. The third kappa shape index (κ3) is 2.50. The lowest BCUT2D eigenvalue weighted by Crippen LogP contribution is -2.48. The standard InChI is InChI=1S/C18H20N2O/c1-2-3-13-19-18(21)15-11-7-8-12-16(15)20-17(18)14-9-5-4-6-10-14/h4-12,19,21H,2-3,13H2,1H3. The molecule has 0 spiro atoms. The van der Waals surface area contributed by atoms with Crippen molar-refractivity contribution in [2.24, 2.45) is 4.99 Å². The van der Waals surface area contributed by atoms with Gasteiger partial charge in [-0.15, -0.1) is 0 Å². The van der Waals surface area contributed by atoms with Crippen LogP contribution in [0.5, 0.6) is 0 Å². The number of hydrogen-bond acceptors (Lipinski definition) is 3. The number of nitrogens with zero attached hydrogens (tertiary/aromatic N) is 1. The second-order valence-electron chi connectivity index (χ2n) is 5.33. The highest BCUT2D eigenvalue weighted by atomic mass is 16.3. The molecule has 3 heteroatoms. The van der Waals surface area contributed by atoms with Crippen LogP contribution < -0.4 is 5.32 Å². The summed E-state index contributed by atoms with van der Waals surface area (Å²) in [7, 11) is 0. The Morgan fingerprint density at radius 1 is 1.05 bits per heavy atom. The second kappa shape index (κ2) is 5.80. The van der Waals surface area contributed by atoms with Crippen LogP contribution in [-0.2, 0) is 5.72 Å². The Morgan fingerprint density at radius 3 is 2.52 bits per heavy atom. The van der Waals surface area contributed by atoms with Crippen LogP contribution in [0.4, 0.5) is 5.69 Å². The SMILES string of the molecule is CCCCNC1(O)C(c2ccccc2)=Nc2ccccc21. The molecule has 0 saturated carbocycles. The number of benzene rings is 2. The quantitative estimate of drug-likeness (QED) is 0.651. The zero-order valence-corrected chi connectivity index (χ0v) is 12.2. The average Bonchev–Trinajstić information content (AvgIpc) is 2.82. The van der Waals surface area contributed by atoms with Gasteiger partial charge in [0.15, 0.2) is 5.72 Å². The average molecular weight is 280 g/mol. The normalized spacial score (nSPS) is 20.2. The summed E-state index contributed by atoms with van der Waals surface area (Å²) < 4.78 is 0. The van der Waals surface area contributed by atoms with E-state index in [0.29, 0.717) is 5.71 Å². The van der Waals surface area contributed by atoms with E-state index >= 15 is 0 Å². The highest BCUT2D eigenvalue weighted by Gasteiger charge is 2.41. The maximum atomic E-state index is 11.2. The Kier molecular flexibility index (Phi) is 3.86. The minimum absolute atomic E-state index is 0.681. The fourth-order valence-electron chi connectivity index (χ4n) is 2.70. The molecular weight excluding hydrogens is 260 g/mol. The molecule has 2 aromatic rings. The topological polar surface area (TPSA) is 44.6 Å². The molecule has 1 heterocycles. The van der Waals surface area contributed by atoms with Crippen molar-refractivity contribution in [3.63, 3.8) is 0 Å². The van der Waals surface area contributed by atoms with Crippen LogP contribution in [0.25, 0.3) is 0 Å². The molecule has 0 bridgehead atoms. The molecule has 3 rings (SSSR count). The molecule has 1 unspecified atom stereocenters. The summed E-state index contributed by atoms with van der Waals surface area (Å²) in [6.07, 6.45) is 2.11. The van der Waals surface area contributed by atoms with E-state index in [1.165, 1.54) is 0 Å². The molecule has 0 saturated heterocycles. The summed E-state index contributed by atoms with van der Waals surface area (Å²) in [4.78, 5) is 4.66. The summed E-state index contributed by atoms with van der Waals surface area (Å²) in [5.74, 6) is 0. The van der Waals surface area contributed by atoms with E-state index in [2.05, 4.69) is 17.2 Å². The van der Waals surface area contributed by atoms with Crippen molar-refractivity contribution < 1.29 is 5.11 Å². The lowest BCUT2D eigenvalue weighted by Gasteiger charge is -2.27. The van der Waals surface area contributed by atoms with Gasteiger partial charge >= 0.3 is 0 Å². The van der Waals surface area contributed by atoms with Crippen LogP contribution in [0.15, 0.2) is 59.6 Å². The molecule has 0 aliphatic carbocycles. The third-order valence-electron chi connectivity index (χ3n) is 3.83. The number of aliphatic hydroxyl groups is 1. The summed E-state index contributed by atoms with van der Waals surface area (Å²) in [5.41, 5.74) is 2.09. The van der Waals surface area contributed by atoms with Gasteiger partial charge in [0, 0.05) is 11.1 Å². The van der Waals surface area contributed by atoms with Gasteiger partial charge in [-0.1, -0.05) is 61.9 Å². The molecule has 21 heavy (non-hydrogen) atoms. The van der Waals surface area contributed by atoms with E-state index in [1.54, 1.807) is 0 Å². The zero-order chi connectivity index (χ0) is 14.7. The first kappa shape index (κ1) is 14.0. The molecule has 0 radical (unpaired) electrons. The lowest BCUT2D eigenvalue weighted by molar-refractivity contribution is 0.0771. The Morgan fingerprint density at radius 2 is 1.76 bits per heavy atom. The predicted octanol–water partition coefficient (Wildman–Crippen LogP) is 3.36. The molecule has 2 aromatic carbocycles. The van der Waals surface area contributed by atoms with Crippen molar-refractivity contribution in [2.75, 3.05) is 6.54 Å². The van der Waals surface area contributed by atoms with Crippen LogP contribution >= 0.6 is 0 Å². The van der Waals surface area contributed by atoms with Crippen LogP contribution in [0.1, 0.15) is 30.9 Å². The number of nitrogens with one attached hydrogen (secondary N) is 1. The van der Waals surface area contributed by atoms with E-state index < -0.39 is 5.72 Å². The second-order valence-corrected chi connectivity index (χ2v) is 5.33. The highest BCUT2D eigenvalue weighted by Crippen LogP contribution is 2.38. The van der Waals surface area contributed by atoms with Gasteiger partial charge in [0.05, 0.1) is 11.4 Å². The smallest absolute Gasteiger partial charge is 0.188 e. The number of rotatable bonds is 5. The number of fused-ring (bicyclic) bond motifs is 1. The summed E-state index contributed by atoms with van der Waals surface area (Å²) in [6.45, 7) is 2.90. The molecule has 1 aliphatic heterocycles. The Bertz CT molecular complexity index is 651. The number of aliphatic imine (C=N–C) groups is 1. The first-order chi connectivity index (χ1) is 10.3. The lowest BCUT2D eigenvalue weighted by atomic mass is 9.94. The fraction of sp³-hybridized carbons (Fsp3) is 0.278. The molecule has 108 valence electrons. The van der Waals surface area contributed by atoms with Gasteiger partial charge in [-0.2, -0.15) is 0 Å². The van der Waals surface area contributed by atoms with Gasteiger partial charge in [-0.3, -0.25) is 5.32 Å². The molecule has 2 N–H and O–H groups in total. The van der Waals surface area contributed by atoms with E-state index in [1.807, 2.05) is 54.6 Å². The van der Waals surface area contributed by atoms with E-state index in [9.17, 15) is 5.11 Å². The van der Waals surface area contributed by atoms with Crippen LogP contribution in [0.3, 0.4) is 0 Å². The van der Waals surface area contributed by atoms with Crippen LogP contribution in [0.2, 0.25) is 0 Å². The number of para-hydroxylation sites is 1. The Balaban J connectivity index is 2.02. The van der Waals surface area contributed by atoms with E-state index in [4.69, 9.17) is 0 Å². The number of unbranched alkanes of at least 4 members (excludes halogenated alkanes) is 1. The maximum absolute atomic E-state index is 11.2. The molecule has 1 atom stereocenters. The van der Waals surface area contributed by atoms with Crippen LogP contribution in [0, 0.1) is 0 Å². The maximum Gasteiger partial charge on any atom is 0.188 e. The molecule has 3 nitrogen and oxygen atoms in total.